The highest BCUT2D eigenvalue weighted by atomic mass is 127. The molecule has 0 radical (unpaired) electrons. The molecule has 1 saturated heterocycles. The van der Waals surface area contributed by atoms with E-state index in [1.807, 2.05) is 0 Å². The number of carbonyl (C=O) groups excluding carboxylic acids is 1. The molecule has 1 aliphatic heterocycles. The van der Waals surface area contributed by atoms with E-state index in [0.717, 1.165) is 19.3 Å². The Morgan fingerprint density at radius 2 is 2.00 bits per heavy atom. The third-order valence-electron chi connectivity index (χ3n) is 5.58. The van der Waals surface area contributed by atoms with E-state index >= 15 is 0 Å². The molecule has 0 amide bonds. The number of hydrogen-bond donors (Lipinski definition) is 0. The van der Waals surface area contributed by atoms with Crippen molar-refractivity contribution in [3.63, 3.8) is 0 Å². The Bertz CT molecular complexity index is 980. The molecule has 11 heteroatoms. The topological polar surface area (TPSA) is 54.0 Å². The highest BCUT2D eigenvalue weighted by molar-refractivity contribution is 14.1. The van der Waals surface area contributed by atoms with E-state index in [1.165, 1.54) is 28.7 Å². The van der Waals surface area contributed by atoms with Gasteiger partial charge in [0.15, 0.2) is 29.9 Å². The molecule has 1 fully saturated rings. The number of rotatable bonds is 7. The van der Waals surface area contributed by atoms with E-state index in [-0.39, 0.29) is 25.1 Å². The molecule has 2 aliphatic carbocycles. The summed E-state index contributed by atoms with van der Waals surface area (Å²) in [5.74, 6) is -5.56. The molecular weight excluding hydrogens is 639 g/mol. The molecule has 1 heterocycles. The quantitative estimate of drug-likeness (QED) is 0.129. The van der Waals surface area contributed by atoms with Gasteiger partial charge in [0.05, 0.1) is 15.8 Å². The number of allylic oxidation sites excluding steroid dienone is 5. The second-order valence-corrected chi connectivity index (χ2v) is 10.2. The van der Waals surface area contributed by atoms with Crippen LogP contribution in [-0.4, -0.2) is 43.9 Å². The lowest BCUT2D eigenvalue weighted by Crippen LogP contribution is -2.43. The molecule has 3 unspecified atom stereocenters. The third kappa shape index (κ3) is 6.14. The summed E-state index contributed by atoms with van der Waals surface area (Å²) in [6.45, 7) is 3.32. The lowest BCUT2D eigenvalue weighted by atomic mass is 9.93. The minimum atomic E-state index is -3.20. The largest absolute Gasteiger partial charge is 0.495 e. The van der Waals surface area contributed by atoms with Gasteiger partial charge in [-0.05, 0) is 61.8 Å². The number of hydrogen-bond acceptors (Lipinski definition) is 5. The molecule has 34 heavy (non-hydrogen) atoms. The van der Waals surface area contributed by atoms with Crippen LogP contribution in [0.2, 0.25) is 0 Å². The van der Waals surface area contributed by atoms with Crippen LogP contribution in [0.5, 0.6) is 0 Å². The molecule has 188 valence electrons. The van der Waals surface area contributed by atoms with Crippen LogP contribution < -0.4 is 0 Å². The summed E-state index contributed by atoms with van der Waals surface area (Å²) in [4.78, 5) is 12.9. The zero-order valence-corrected chi connectivity index (χ0v) is 22.3. The summed E-state index contributed by atoms with van der Waals surface area (Å²) in [7, 11) is 0. The van der Waals surface area contributed by atoms with E-state index in [0.29, 0.717) is 35.8 Å². The highest BCUT2D eigenvalue weighted by Crippen LogP contribution is 2.46. The van der Waals surface area contributed by atoms with Crippen LogP contribution in [0.1, 0.15) is 39.5 Å². The van der Waals surface area contributed by atoms with Crippen LogP contribution in [0.3, 0.4) is 0 Å². The number of ether oxygens (including phenoxy) is 4. The Hall–Kier alpha value is -1.18. The van der Waals surface area contributed by atoms with Crippen molar-refractivity contribution in [3.8, 4) is 0 Å². The standard InChI is InChI=1S/C23H24BrF4IO5/c1-12-14(22(30)34-21-18(26)19(29)17(25)20(27)23(21,2)28)7-6-13(24)11-15(12)31-9-10-33-16-5-3-4-8-32-16/h6-7,16,21H,3-5,8-11H2,1-2H3. The number of esters is 1. The van der Waals surface area contributed by atoms with Crippen molar-refractivity contribution in [3.05, 3.63) is 54.6 Å². The molecule has 0 aromatic rings. The molecule has 0 saturated carbocycles. The van der Waals surface area contributed by atoms with E-state index in [1.54, 1.807) is 13.0 Å². The fourth-order valence-electron chi connectivity index (χ4n) is 3.58. The first-order chi connectivity index (χ1) is 16.0. The summed E-state index contributed by atoms with van der Waals surface area (Å²) < 4.78 is 79.3. The van der Waals surface area contributed by atoms with Crippen LogP contribution in [0.4, 0.5) is 17.6 Å². The Morgan fingerprint density at radius 3 is 2.68 bits per heavy atom. The minimum absolute atomic E-state index is 0.0324. The summed E-state index contributed by atoms with van der Waals surface area (Å²) in [5.41, 5.74) is -2.85. The van der Waals surface area contributed by atoms with Gasteiger partial charge in [-0.2, -0.15) is 0 Å². The fraction of sp³-hybridized carbons (Fsp3) is 0.522. The normalized spacial score (nSPS) is 28.5. The summed E-state index contributed by atoms with van der Waals surface area (Å²) in [5, 5.41) is 0. The number of alkyl halides is 1. The predicted molar refractivity (Wildman–Crippen MR) is 129 cm³/mol. The van der Waals surface area contributed by atoms with Gasteiger partial charge in [-0.3, -0.25) is 0 Å². The molecular formula is C23H24BrF4IO5. The van der Waals surface area contributed by atoms with Crippen molar-refractivity contribution in [2.75, 3.05) is 19.8 Å². The van der Waals surface area contributed by atoms with Crippen molar-refractivity contribution in [1.29, 1.82) is 0 Å². The van der Waals surface area contributed by atoms with Gasteiger partial charge >= 0.3 is 5.97 Å². The van der Waals surface area contributed by atoms with Crippen molar-refractivity contribution in [1.82, 2.24) is 0 Å². The zero-order valence-electron chi connectivity index (χ0n) is 18.6. The Balaban J connectivity index is 1.72. The van der Waals surface area contributed by atoms with Crippen molar-refractivity contribution in [2.45, 2.75) is 57.6 Å². The lowest BCUT2D eigenvalue weighted by Gasteiger charge is -2.31. The number of carbonyl (C=O) groups is 1. The maximum Gasteiger partial charge on any atom is 0.339 e. The third-order valence-corrected chi connectivity index (χ3v) is 7.11. The van der Waals surface area contributed by atoms with Crippen LogP contribution in [-0.2, 0) is 23.7 Å². The molecule has 0 aromatic heterocycles. The second-order valence-electron chi connectivity index (χ2n) is 8.09. The van der Waals surface area contributed by atoms with Gasteiger partial charge in [-0.1, -0.05) is 22.0 Å². The summed E-state index contributed by atoms with van der Waals surface area (Å²) >= 11 is 4.58. The molecule has 0 bridgehead atoms. The first-order valence-corrected chi connectivity index (χ1v) is 12.5. The van der Waals surface area contributed by atoms with Crippen LogP contribution in [0, 0.1) is 0 Å². The summed E-state index contributed by atoms with van der Waals surface area (Å²) in [6, 6.07) is 0. The molecule has 0 spiro atoms. The SMILES string of the molecule is CC1=C(OCCOC2CCCCO2)CC(Br)=CC=C1C(=O)OC1C(F)=C(I)C(F)=C(F)C1(C)F. The predicted octanol–water partition coefficient (Wildman–Crippen LogP) is 6.85. The minimum Gasteiger partial charge on any atom is -0.495 e. The smallest absolute Gasteiger partial charge is 0.339 e. The van der Waals surface area contributed by atoms with Crippen molar-refractivity contribution < 1.29 is 41.3 Å². The monoisotopic (exact) mass is 662 g/mol. The summed E-state index contributed by atoms with van der Waals surface area (Å²) in [6.07, 6.45) is 3.61. The van der Waals surface area contributed by atoms with Crippen LogP contribution in [0.25, 0.3) is 0 Å². The molecule has 0 aromatic carbocycles. The van der Waals surface area contributed by atoms with Gasteiger partial charge in [-0.15, -0.1) is 0 Å². The number of halogens is 6. The van der Waals surface area contributed by atoms with Crippen molar-refractivity contribution in [2.24, 2.45) is 0 Å². The van der Waals surface area contributed by atoms with E-state index in [4.69, 9.17) is 18.9 Å². The lowest BCUT2D eigenvalue weighted by molar-refractivity contribution is -0.167. The highest BCUT2D eigenvalue weighted by Gasteiger charge is 2.51. The van der Waals surface area contributed by atoms with Gasteiger partial charge in [0.25, 0.3) is 0 Å². The van der Waals surface area contributed by atoms with Gasteiger partial charge in [-0.25, -0.2) is 22.4 Å². The van der Waals surface area contributed by atoms with Gasteiger partial charge in [0.1, 0.15) is 12.4 Å². The average Bonchev–Trinajstić information content (AvgIpc) is 2.95. The van der Waals surface area contributed by atoms with E-state index < -0.39 is 38.8 Å². The zero-order chi connectivity index (χ0) is 25.0. The molecule has 3 rings (SSSR count). The van der Waals surface area contributed by atoms with Crippen molar-refractivity contribution >= 4 is 44.5 Å². The first kappa shape index (κ1) is 27.4. The Kier molecular flexibility index (Phi) is 9.43. The molecule has 3 atom stereocenters. The maximum atomic E-state index is 14.9. The van der Waals surface area contributed by atoms with E-state index in [2.05, 4.69) is 15.9 Å². The molecule has 5 nitrogen and oxygen atoms in total. The fourth-order valence-corrected chi connectivity index (χ4v) is 4.48. The van der Waals surface area contributed by atoms with Gasteiger partial charge in [0, 0.05) is 23.1 Å². The van der Waals surface area contributed by atoms with E-state index in [9.17, 15) is 22.4 Å². The second kappa shape index (κ2) is 11.7. The first-order valence-electron chi connectivity index (χ1n) is 10.7. The van der Waals surface area contributed by atoms with Gasteiger partial charge in [0.2, 0.25) is 5.67 Å². The van der Waals surface area contributed by atoms with Crippen LogP contribution in [0.15, 0.2) is 54.6 Å². The Morgan fingerprint density at radius 1 is 1.26 bits per heavy atom. The average molecular weight is 663 g/mol. The van der Waals surface area contributed by atoms with Crippen LogP contribution >= 0.6 is 38.5 Å². The molecule has 0 N–H and O–H groups in total. The maximum absolute atomic E-state index is 14.9. The molecule has 3 aliphatic rings. The Labute approximate surface area is 217 Å². The van der Waals surface area contributed by atoms with Gasteiger partial charge < -0.3 is 18.9 Å².